The average molecular weight is 374 g/mol. The number of Topliss-reactive ketones (excluding diaryl/α,β-unsaturated/α-hetero) is 1. The molecule has 0 aliphatic rings. The highest BCUT2D eigenvalue weighted by molar-refractivity contribution is 6.41. The van der Waals surface area contributed by atoms with Crippen LogP contribution in [-0.4, -0.2) is 31.4 Å². The van der Waals surface area contributed by atoms with Gasteiger partial charge < -0.3 is 14.8 Å². The molecule has 0 aliphatic heterocycles. The highest BCUT2D eigenvalue weighted by Gasteiger charge is 2.20. The summed E-state index contributed by atoms with van der Waals surface area (Å²) < 4.78 is 9.56. The molecule has 1 aromatic rings. The van der Waals surface area contributed by atoms with Crippen molar-refractivity contribution in [3.05, 3.63) is 39.5 Å². The summed E-state index contributed by atoms with van der Waals surface area (Å²) in [6.45, 7) is 3.32. The molecule has 0 saturated heterocycles. The molecule has 1 rings (SSSR count). The lowest BCUT2D eigenvalue weighted by Crippen LogP contribution is -2.13. The number of esters is 2. The van der Waals surface area contributed by atoms with Crippen molar-refractivity contribution in [3.63, 3.8) is 0 Å². The summed E-state index contributed by atoms with van der Waals surface area (Å²) in [7, 11) is 1.16. The molecule has 1 aromatic carbocycles. The topological polar surface area (TPSA) is 81.7 Å². The Morgan fingerprint density at radius 2 is 1.92 bits per heavy atom. The summed E-state index contributed by atoms with van der Waals surface area (Å²) >= 11 is 12.2. The number of nitrogens with one attached hydrogen (secondary N) is 1. The van der Waals surface area contributed by atoms with E-state index >= 15 is 0 Å². The predicted octanol–water partition coefficient (Wildman–Crippen LogP) is 3.62. The van der Waals surface area contributed by atoms with Gasteiger partial charge in [-0.15, -0.1) is 0 Å². The molecule has 1 N–H and O–H groups in total. The van der Waals surface area contributed by atoms with E-state index in [1.54, 1.807) is 0 Å². The van der Waals surface area contributed by atoms with Crippen molar-refractivity contribution in [1.29, 1.82) is 0 Å². The van der Waals surface area contributed by atoms with E-state index in [9.17, 15) is 14.4 Å². The molecule has 0 amide bonds. The number of hydrogen-bond acceptors (Lipinski definition) is 6. The molecule has 0 saturated carbocycles. The Morgan fingerprint density at radius 3 is 2.46 bits per heavy atom. The first-order valence-electron chi connectivity index (χ1n) is 7.04. The molecule has 0 atom stereocenters. The second-order valence-corrected chi connectivity index (χ2v) is 5.46. The molecular formula is C16H17Cl2NO5. The minimum absolute atomic E-state index is 0.00706. The first-order valence-corrected chi connectivity index (χ1v) is 7.80. The summed E-state index contributed by atoms with van der Waals surface area (Å²) in [6.07, 6.45) is 1.81. The van der Waals surface area contributed by atoms with Crippen molar-refractivity contribution in [2.75, 3.05) is 19.0 Å². The van der Waals surface area contributed by atoms with Crippen LogP contribution in [0.5, 0.6) is 0 Å². The van der Waals surface area contributed by atoms with Gasteiger partial charge in [0.2, 0.25) is 0 Å². The third-order valence-corrected chi connectivity index (χ3v) is 3.60. The standard InChI is InChI=1S/C16H17Cl2NO5/c1-4-7-24-16(22)13-11(17)5-6-12(14(13)18)19-8-10(9(2)20)15(21)23-3/h5-6,8,19H,4,7H2,1-3H3. The van der Waals surface area contributed by atoms with Crippen LogP contribution >= 0.6 is 23.2 Å². The van der Waals surface area contributed by atoms with E-state index in [2.05, 4.69) is 10.1 Å². The van der Waals surface area contributed by atoms with Crippen LogP contribution in [0.3, 0.4) is 0 Å². The maximum Gasteiger partial charge on any atom is 0.342 e. The van der Waals surface area contributed by atoms with E-state index in [-0.39, 0.29) is 33.5 Å². The van der Waals surface area contributed by atoms with Crippen LogP contribution in [0, 0.1) is 0 Å². The molecule has 0 spiro atoms. The lowest BCUT2D eigenvalue weighted by molar-refractivity contribution is -0.137. The molecular weight excluding hydrogens is 357 g/mol. The van der Waals surface area contributed by atoms with E-state index < -0.39 is 17.7 Å². The highest BCUT2D eigenvalue weighted by Crippen LogP contribution is 2.32. The van der Waals surface area contributed by atoms with Crippen LogP contribution in [0.2, 0.25) is 10.0 Å². The Kier molecular flexibility index (Phi) is 7.74. The molecule has 0 radical (unpaired) electrons. The second-order valence-electron chi connectivity index (χ2n) is 4.67. The summed E-state index contributed by atoms with van der Waals surface area (Å²) in [5.74, 6) is -1.93. The summed E-state index contributed by atoms with van der Waals surface area (Å²) in [5, 5.41) is 2.86. The van der Waals surface area contributed by atoms with E-state index in [4.69, 9.17) is 27.9 Å². The maximum absolute atomic E-state index is 12.0. The van der Waals surface area contributed by atoms with Crippen LogP contribution < -0.4 is 5.32 Å². The zero-order valence-electron chi connectivity index (χ0n) is 13.4. The third kappa shape index (κ3) is 4.97. The van der Waals surface area contributed by atoms with Gasteiger partial charge in [0, 0.05) is 6.20 Å². The van der Waals surface area contributed by atoms with Gasteiger partial charge in [-0.3, -0.25) is 4.79 Å². The van der Waals surface area contributed by atoms with Gasteiger partial charge in [-0.25, -0.2) is 9.59 Å². The van der Waals surface area contributed by atoms with Crippen molar-refractivity contribution in [3.8, 4) is 0 Å². The first-order chi connectivity index (χ1) is 11.3. The molecule has 6 nitrogen and oxygen atoms in total. The Bertz CT molecular complexity index is 685. The van der Waals surface area contributed by atoms with Crippen molar-refractivity contribution >= 4 is 46.6 Å². The van der Waals surface area contributed by atoms with Crippen molar-refractivity contribution in [1.82, 2.24) is 0 Å². The van der Waals surface area contributed by atoms with Crippen LogP contribution in [0.25, 0.3) is 0 Å². The van der Waals surface area contributed by atoms with Gasteiger partial charge >= 0.3 is 11.9 Å². The number of ether oxygens (including phenoxy) is 2. The fourth-order valence-electron chi connectivity index (χ4n) is 1.68. The second kappa shape index (κ2) is 9.30. The number of ketones is 1. The molecule has 0 aromatic heterocycles. The van der Waals surface area contributed by atoms with E-state index in [0.29, 0.717) is 6.42 Å². The van der Waals surface area contributed by atoms with Gasteiger partial charge in [-0.05, 0) is 25.5 Å². The van der Waals surface area contributed by atoms with Gasteiger partial charge in [0.25, 0.3) is 0 Å². The Labute approximate surface area is 149 Å². The SMILES string of the molecule is CCCOC(=O)c1c(Cl)ccc(NC=C(C(C)=O)C(=O)OC)c1Cl. The summed E-state index contributed by atoms with van der Waals surface area (Å²) in [6, 6.07) is 2.96. The molecule has 0 fully saturated rings. The van der Waals surface area contributed by atoms with E-state index in [1.807, 2.05) is 6.92 Å². The smallest absolute Gasteiger partial charge is 0.342 e. The lowest BCUT2D eigenvalue weighted by Gasteiger charge is -2.11. The van der Waals surface area contributed by atoms with Gasteiger partial charge in [0.1, 0.15) is 5.57 Å². The van der Waals surface area contributed by atoms with Crippen LogP contribution in [0.15, 0.2) is 23.9 Å². The van der Waals surface area contributed by atoms with Crippen LogP contribution in [0.4, 0.5) is 5.69 Å². The summed E-state index contributed by atoms with van der Waals surface area (Å²) in [5.41, 5.74) is 0.0958. The van der Waals surface area contributed by atoms with Crippen molar-refractivity contribution in [2.45, 2.75) is 20.3 Å². The van der Waals surface area contributed by atoms with Crippen molar-refractivity contribution in [2.24, 2.45) is 0 Å². The minimum atomic E-state index is -0.789. The molecule has 8 heteroatoms. The number of anilines is 1. The van der Waals surface area contributed by atoms with Crippen molar-refractivity contribution < 1.29 is 23.9 Å². The van der Waals surface area contributed by atoms with E-state index in [0.717, 1.165) is 13.3 Å². The van der Waals surface area contributed by atoms with Crippen LogP contribution in [-0.2, 0) is 19.1 Å². The number of halogens is 2. The third-order valence-electron chi connectivity index (χ3n) is 2.89. The highest BCUT2D eigenvalue weighted by atomic mass is 35.5. The quantitative estimate of drug-likeness (QED) is 0.340. The van der Waals surface area contributed by atoms with Gasteiger partial charge in [-0.1, -0.05) is 30.1 Å². The molecule has 0 bridgehead atoms. The van der Waals surface area contributed by atoms with Gasteiger partial charge in [0.05, 0.1) is 35.0 Å². The largest absolute Gasteiger partial charge is 0.465 e. The fraction of sp³-hybridized carbons (Fsp3) is 0.312. The summed E-state index contributed by atoms with van der Waals surface area (Å²) in [4.78, 5) is 35.0. The lowest BCUT2D eigenvalue weighted by atomic mass is 10.1. The number of carbonyl (C=O) groups excluding carboxylic acids is 3. The molecule has 0 unspecified atom stereocenters. The first kappa shape index (κ1) is 20.0. The predicted molar refractivity (Wildman–Crippen MR) is 91.4 cm³/mol. The van der Waals surface area contributed by atoms with Gasteiger partial charge in [-0.2, -0.15) is 0 Å². The number of rotatable bonds is 7. The molecule has 0 heterocycles. The zero-order chi connectivity index (χ0) is 18.3. The zero-order valence-corrected chi connectivity index (χ0v) is 15.0. The monoisotopic (exact) mass is 373 g/mol. The number of benzene rings is 1. The molecule has 24 heavy (non-hydrogen) atoms. The number of hydrogen-bond donors (Lipinski definition) is 1. The Balaban J connectivity index is 3.16. The Hall–Kier alpha value is -2.05. The van der Waals surface area contributed by atoms with Crippen LogP contribution in [0.1, 0.15) is 30.6 Å². The number of methoxy groups -OCH3 is 1. The normalized spacial score (nSPS) is 11.0. The minimum Gasteiger partial charge on any atom is -0.465 e. The Morgan fingerprint density at radius 1 is 1.25 bits per heavy atom. The number of carbonyl (C=O) groups is 3. The average Bonchev–Trinajstić information content (AvgIpc) is 2.54. The van der Waals surface area contributed by atoms with E-state index in [1.165, 1.54) is 19.1 Å². The molecule has 0 aliphatic carbocycles. The van der Waals surface area contributed by atoms with Gasteiger partial charge in [0.15, 0.2) is 5.78 Å². The fourth-order valence-corrected chi connectivity index (χ4v) is 2.26. The molecule has 130 valence electrons. The maximum atomic E-state index is 12.0.